The molecular formula is C19H26N2O2. The molecule has 4 rings (SSSR count). The fraction of sp³-hybridized carbons (Fsp3) is 0.632. The Labute approximate surface area is 137 Å². The van der Waals surface area contributed by atoms with Crippen molar-refractivity contribution in [3.8, 4) is 0 Å². The maximum Gasteiger partial charge on any atom is 0.105 e. The molecule has 0 spiro atoms. The molecule has 1 saturated carbocycles. The average molecular weight is 314 g/mol. The molecule has 1 aliphatic heterocycles. The topological polar surface area (TPSA) is 47.3 Å². The molecule has 2 aliphatic carbocycles. The number of aromatic nitrogens is 2. The summed E-state index contributed by atoms with van der Waals surface area (Å²) in [6, 6.07) is 0.282. The van der Waals surface area contributed by atoms with Crippen molar-refractivity contribution in [1.29, 1.82) is 0 Å². The molecule has 1 aromatic heterocycles. The summed E-state index contributed by atoms with van der Waals surface area (Å²) in [5, 5.41) is 10.8. The van der Waals surface area contributed by atoms with Gasteiger partial charge in [-0.2, -0.15) is 0 Å². The van der Waals surface area contributed by atoms with Gasteiger partial charge >= 0.3 is 0 Å². The van der Waals surface area contributed by atoms with Gasteiger partial charge in [0, 0.05) is 23.9 Å². The first kappa shape index (κ1) is 15.0. The first-order chi connectivity index (χ1) is 11.3. The molecule has 124 valence electrons. The zero-order chi connectivity index (χ0) is 15.8. The van der Waals surface area contributed by atoms with Crippen molar-refractivity contribution in [2.75, 3.05) is 7.11 Å². The summed E-state index contributed by atoms with van der Waals surface area (Å²) in [5.74, 6) is 2.09. The predicted molar refractivity (Wildman–Crippen MR) is 88.9 cm³/mol. The lowest BCUT2D eigenvalue weighted by molar-refractivity contribution is 0.0594. The second kappa shape index (κ2) is 6.16. The number of aliphatic hydroxyl groups is 1. The molecule has 4 nitrogen and oxygen atoms in total. The zero-order valence-electron chi connectivity index (χ0n) is 13.8. The largest absolute Gasteiger partial charge is 0.500 e. The lowest BCUT2D eigenvalue weighted by Gasteiger charge is -2.31. The minimum absolute atomic E-state index is 0.209. The molecule has 2 heterocycles. The average Bonchev–Trinajstić information content (AvgIpc) is 3.18. The third-order valence-corrected chi connectivity index (χ3v) is 6.01. The van der Waals surface area contributed by atoms with Crippen LogP contribution < -0.4 is 0 Å². The van der Waals surface area contributed by atoms with Crippen molar-refractivity contribution < 1.29 is 9.84 Å². The molecule has 0 saturated heterocycles. The monoisotopic (exact) mass is 314 g/mol. The number of nitrogens with zero attached hydrogens (tertiary/aromatic N) is 2. The quantitative estimate of drug-likeness (QED) is 0.924. The van der Waals surface area contributed by atoms with Crippen LogP contribution in [0.4, 0.5) is 0 Å². The smallest absolute Gasteiger partial charge is 0.105 e. The molecule has 1 N–H and O–H groups in total. The lowest BCUT2D eigenvalue weighted by atomic mass is 9.78. The summed E-state index contributed by atoms with van der Waals surface area (Å²) in [6.45, 7) is 0. The third-order valence-electron chi connectivity index (χ3n) is 6.01. The van der Waals surface area contributed by atoms with E-state index in [1.807, 2.05) is 12.5 Å². The van der Waals surface area contributed by atoms with E-state index in [1.54, 1.807) is 7.11 Å². The van der Waals surface area contributed by atoms with E-state index >= 15 is 0 Å². The number of hydrogen-bond acceptors (Lipinski definition) is 3. The fourth-order valence-electron chi connectivity index (χ4n) is 4.82. The maximum atomic E-state index is 10.8. The molecule has 4 atom stereocenters. The van der Waals surface area contributed by atoms with Crippen LogP contribution >= 0.6 is 0 Å². The van der Waals surface area contributed by atoms with Crippen molar-refractivity contribution in [2.45, 2.75) is 56.6 Å². The molecule has 3 aliphatic rings. The number of imidazole rings is 1. The predicted octanol–water partition coefficient (Wildman–Crippen LogP) is 3.57. The van der Waals surface area contributed by atoms with Gasteiger partial charge in [0.1, 0.15) is 5.76 Å². The van der Waals surface area contributed by atoms with Crippen molar-refractivity contribution in [1.82, 2.24) is 9.55 Å². The van der Waals surface area contributed by atoms with E-state index < -0.39 is 0 Å². The SMILES string of the molecule is COC1=CC=CC2C1c1cncn1C2CC(O)C1CCCCC1. The Morgan fingerprint density at radius 3 is 2.96 bits per heavy atom. The van der Waals surface area contributed by atoms with Crippen molar-refractivity contribution in [3.05, 3.63) is 42.2 Å². The van der Waals surface area contributed by atoms with Crippen molar-refractivity contribution >= 4 is 0 Å². The highest BCUT2D eigenvalue weighted by atomic mass is 16.5. The van der Waals surface area contributed by atoms with Crippen LogP contribution in [0.15, 0.2) is 36.5 Å². The van der Waals surface area contributed by atoms with E-state index in [0.717, 1.165) is 12.2 Å². The lowest BCUT2D eigenvalue weighted by Crippen LogP contribution is -2.28. The van der Waals surface area contributed by atoms with Gasteiger partial charge in [0.2, 0.25) is 0 Å². The van der Waals surface area contributed by atoms with Crippen LogP contribution in [0, 0.1) is 11.8 Å². The summed E-state index contributed by atoms with van der Waals surface area (Å²) < 4.78 is 7.87. The highest BCUT2D eigenvalue weighted by Gasteiger charge is 2.44. The van der Waals surface area contributed by atoms with Crippen LogP contribution in [-0.4, -0.2) is 27.9 Å². The first-order valence-electron chi connectivity index (χ1n) is 8.91. The normalized spacial score (nSPS) is 31.4. The van der Waals surface area contributed by atoms with Gasteiger partial charge in [-0.15, -0.1) is 0 Å². The fourth-order valence-corrected chi connectivity index (χ4v) is 4.82. The molecule has 1 fully saturated rings. The number of aliphatic hydroxyl groups excluding tert-OH is 1. The van der Waals surface area contributed by atoms with E-state index in [9.17, 15) is 5.11 Å². The zero-order valence-corrected chi connectivity index (χ0v) is 13.8. The molecule has 0 amide bonds. The number of methoxy groups -OCH3 is 1. The Kier molecular flexibility index (Phi) is 4.02. The second-order valence-electron chi connectivity index (χ2n) is 7.21. The van der Waals surface area contributed by atoms with E-state index in [2.05, 4.69) is 27.8 Å². The van der Waals surface area contributed by atoms with Crippen LogP contribution in [0.3, 0.4) is 0 Å². The highest BCUT2D eigenvalue weighted by Crippen LogP contribution is 2.50. The van der Waals surface area contributed by atoms with Gasteiger partial charge in [0.25, 0.3) is 0 Å². The summed E-state index contributed by atoms with van der Waals surface area (Å²) in [4.78, 5) is 4.35. The van der Waals surface area contributed by atoms with Crippen molar-refractivity contribution in [3.63, 3.8) is 0 Å². The Bertz CT molecular complexity index is 613. The van der Waals surface area contributed by atoms with E-state index in [-0.39, 0.29) is 18.1 Å². The Hall–Kier alpha value is -1.55. The summed E-state index contributed by atoms with van der Waals surface area (Å²) >= 11 is 0. The molecule has 1 aromatic rings. The third kappa shape index (κ3) is 2.53. The van der Waals surface area contributed by atoms with Crippen LogP contribution in [0.2, 0.25) is 0 Å². The number of rotatable bonds is 4. The molecule has 23 heavy (non-hydrogen) atoms. The molecule has 0 aromatic carbocycles. The van der Waals surface area contributed by atoms with Gasteiger partial charge in [0.15, 0.2) is 0 Å². The van der Waals surface area contributed by atoms with Crippen LogP contribution in [-0.2, 0) is 4.74 Å². The first-order valence-corrected chi connectivity index (χ1v) is 8.91. The minimum atomic E-state index is -0.209. The summed E-state index contributed by atoms with van der Waals surface area (Å²) in [6.07, 6.45) is 17.1. The Balaban J connectivity index is 1.57. The Morgan fingerprint density at radius 2 is 2.17 bits per heavy atom. The molecule has 4 unspecified atom stereocenters. The van der Waals surface area contributed by atoms with Gasteiger partial charge in [-0.3, -0.25) is 0 Å². The number of fused-ring (bicyclic) bond motifs is 3. The van der Waals surface area contributed by atoms with E-state index in [0.29, 0.717) is 11.8 Å². The minimum Gasteiger partial charge on any atom is -0.500 e. The number of ether oxygens (including phenoxy) is 1. The maximum absolute atomic E-state index is 10.8. The highest BCUT2D eigenvalue weighted by molar-refractivity contribution is 5.34. The summed E-state index contributed by atoms with van der Waals surface area (Å²) in [7, 11) is 1.74. The van der Waals surface area contributed by atoms with Gasteiger partial charge in [-0.05, 0) is 31.3 Å². The number of hydrogen-bond donors (Lipinski definition) is 1. The Morgan fingerprint density at radius 1 is 1.35 bits per heavy atom. The van der Waals surface area contributed by atoms with Gasteiger partial charge < -0.3 is 14.4 Å². The van der Waals surface area contributed by atoms with Crippen LogP contribution in [0.1, 0.15) is 56.2 Å². The van der Waals surface area contributed by atoms with Gasteiger partial charge in [-0.25, -0.2) is 4.98 Å². The van der Waals surface area contributed by atoms with E-state index in [1.165, 1.54) is 37.8 Å². The van der Waals surface area contributed by atoms with Gasteiger partial charge in [-0.1, -0.05) is 31.4 Å². The standard InChI is InChI=1S/C19H26N2O2/c1-23-18-9-5-8-14-15(21-12-20-11-16(21)19(14)18)10-17(22)13-6-3-2-4-7-13/h5,8-9,11-15,17,19,22H,2-4,6-7,10H2,1H3. The molecular weight excluding hydrogens is 288 g/mol. The van der Waals surface area contributed by atoms with Crippen LogP contribution in [0.5, 0.6) is 0 Å². The molecule has 4 heteroatoms. The van der Waals surface area contributed by atoms with Crippen molar-refractivity contribution in [2.24, 2.45) is 11.8 Å². The molecule has 0 radical (unpaired) electrons. The van der Waals surface area contributed by atoms with E-state index in [4.69, 9.17) is 4.74 Å². The van der Waals surface area contributed by atoms with Gasteiger partial charge in [0.05, 0.1) is 25.5 Å². The van der Waals surface area contributed by atoms with Crippen LogP contribution in [0.25, 0.3) is 0 Å². The molecule has 0 bridgehead atoms. The summed E-state index contributed by atoms with van der Waals surface area (Å²) in [5.41, 5.74) is 1.22. The number of allylic oxidation sites excluding steroid dienone is 4. The second-order valence-corrected chi connectivity index (χ2v) is 7.21.